The van der Waals surface area contributed by atoms with Crippen molar-refractivity contribution in [3.63, 3.8) is 0 Å². The van der Waals surface area contributed by atoms with Gasteiger partial charge in [-0.25, -0.2) is 0 Å². The Morgan fingerprint density at radius 2 is 1.84 bits per heavy atom. The molecule has 0 unspecified atom stereocenters. The second-order valence-electron chi connectivity index (χ2n) is 7.31. The van der Waals surface area contributed by atoms with Crippen LogP contribution in [-0.2, 0) is 11.2 Å². The van der Waals surface area contributed by atoms with E-state index in [-0.39, 0.29) is 18.5 Å². The molecule has 0 saturated carbocycles. The van der Waals surface area contributed by atoms with Gasteiger partial charge in [-0.15, -0.1) is 0 Å². The Kier molecular flexibility index (Phi) is 6.76. The van der Waals surface area contributed by atoms with Gasteiger partial charge in [0.15, 0.2) is 5.82 Å². The Morgan fingerprint density at radius 3 is 2.36 bits per heavy atom. The summed E-state index contributed by atoms with van der Waals surface area (Å²) in [6, 6.07) is 10.5. The largest absolute Gasteiger partial charge is 0.360 e. The Hall–Kier alpha value is -2.14. The maximum absolute atomic E-state index is 12.1. The molecule has 1 heterocycles. The van der Waals surface area contributed by atoms with Crippen LogP contribution in [0, 0.1) is 18.8 Å². The number of nitrogens with zero attached hydrogens (tertiary/aromatic N) is 1. The van der Waals surface area contributed by atoms with Crippen molar-refractivity contribution < 1.29 is 9.32 Å². The molecular formula is C20H29N3O2. The van der Waals surface area contributed by atoms with E-state index >= 15 is 0 Å². The molecule has 1 aromatic carbocycles. The number of aryl methyl sites for hydroxylation is 1. The van der Waals surface area contributed by atoms with Crippen molar-refractivity contribution in [2.45, 2.75) is 47.1 Å². The van der Waals surface area contributed by atoms with Crippen molar-refractivity contribution in [3.05, 3.63) is 47.2 Å². The number of anilines is 1. The van der Waals surface area contributed by atoms with Gasteiger partial charge in [0.25, 0.3) is 0 Å². The molecule has 0 aliphatic heterocycles. The molecule has 136 valence electrons. The van der Waals surface area contributed by atoms with Crippen molar-refractivity contribution in [2.24, 2.45) is 11.8 Å². The number of amides is 1. The van der Waals surface area contributed by atoms with E-state index in [1.165, 1.54) is 11.1 Å². The van der Waals surface area contributed by atoms with E-state index in [2.05, 4.69) is 67.8 Å². The van der Waals surface area contributed by atoms with Crippen molar-refractivity contribution in [1.82, 2.24) is 10.5 Å². The molecule has 1 atom stereocenters. The minimum absolute atomic E-state index is 0.123. The van der Waals surface area contributed by atoms with E-state index in [0.29, 0.717) is 23.4 Å². The molecule has 1 aromatic heterocycles. The first-order valence-corrected chi connectivity index (χ1v) is 8.90. The van der Waals surface area contributed by atoms with Gasteiger partial charge in [0.05, 0.1) is 6.54 Å². The van der Waals surface area contributed by atoms with Crippen LogP contribution in [0.2, 0.25) is 0 Å². The van der Waals surface area contributed by atoms with Gasteiger partial charge in [-0.2, -0.15) is 0 Å². The maximum atomic E-state index is 12.1. The molecule has 0 saturated heterocycles. The third-order valence-electron chi connectivity index (χ3n) is 4.03. The fourth-order valence-electron chi connectivity index (χ4n) is 2.89. The van der Waals surface area contributed by atoms with Crippen LogP contribution in [0.1, 0.15) is 50.6 Å². The Labute approximate surface area is 150 Å². The molecule has 2 rings (SSSR count). The lowest BCUT2D eigenvalue weighted by Crippen LogP contribution is -2.33. The first-order chi connectivity index (χ1) is 11.8. The number of nitrogens with one attached hydrogen (secondary N) is 2. The minimum Gasteiger partial charge on any atom is -0.360 e. The quantitative estimate of drug-likeness (QED) is 0.757. The highest BCUT2D eigenvalue weighted by molar-refractivity contribution is 5.91. The zero-order valence-corrected chi connectivity index (χ0v) is 15.8. The van der Waals surface area contributed by atoms with Crippen LogP contribution < -0.4 is 10.6 Å². The Bertz CT molecular complexity index is 675. The molecule has 0 bridgehead atoms. The standard InChI is InChI=1S/C20H29N3O2/c1-13(2)10-16-6-8-17(9-7-16)20(14(3)4)21-12-19(24)22-18-11-15(5)25-23-18/h6-9,11,13-14,20-21H,10,12H2,1-5H3,(H,22,23,24)/t20-/m1/s1. The summed E-state index contributed by atoms with van der Waals surface area (Å²) in [5.41, 5.74) is 2.55. The average molecular weight is 343 g/mol. The van der Waals surface area contributed by atoms with E-state index in [0.717, 1.165) is 6.42 Å². The van der Waals surface area contributed by atoms with Gasteiger partial charge >= 0.3 is 0 Å². The van der Waals surface area contributed by atoms with Gasteiger partial charge in [-0.1, -0.05) is 57.1 Å². The van der Waals surface area contributed by atoms with Crippen molar-refractivity contribution in [3.8, 4) is 0 Å². The molecule has 0 spiro atoms. The van der Waals surface area contributed by atoms with Crippen LogP contribution in [0.15, 0.2) is 34.9 Å². The average Bonchev–Trinajstić information content (AvgIpc) is 2.93. The molecule has 2 N–H and O–H groups in total. The van der Waals surface area contributed by atoms with Crippen molar-refractivity contribution in [1.29, 1.82) is 0 Å². The van der Waals surface area contributed by atoms with E-state index in [1.54, 1.807) is 13.0 Å². The van der Waals surface area contributed by atoms with Crippen LogP contribution in [0.5, 0.6) is 0 Å². The van der Waals surface area contributed by atoms with Gasteiger partial charge in [-0.3, -0.25) is 4.79 Å². The van der Waals surface area contributed by atoms with Gasteiger partial charge in [0.1, 0.15) is 5.76 Å². The monoisotopic (exact) mass is 343 g/mol. The summed E-state index contributed by atoms with van der Waals surface area (Å²) in [5, 5.41) is 9.86. The number of carbonyl (C=O) groups excluding carboxylic acids is 1. The number of benzene rings is 1. The minimum atomic E-state index is -0.129. The molecule has 0 radical (unpaired) electrons. The highest BCUT2D eigenvalue weighted by Gasteiger charge is 2.17. The molecule has 1 amide bonds. The summed E-state index contributed by atoms with van der Waals surface area (Å²) in [7, 11) is 0. The zero-order chi connectivity index (χ0) is 18.4. The van der Waals surface area contributed by atoms with Crippen LogP contribution in [-0.4, -0.2) is 17.6 Å². The molecule has 2 aromatic rings. The SMILES string of the molecule is Cc1cc(NC(=O)CN[C@@H](c2ccc(CC(C)C)cc2)C(C)C)no1. The first-order valence-electron chi connectivity index (χ1n) is 8.90. The number of hydrogen-bond donors (Lipinski definition) is 2. The fourth-order valence-corrected chi connectivity index (χ4v) is 2.89. The molecule has 0 fully saturated rings. The van der Waals surface area contributed by atoms with Crippen molar-refractivity contribution in [2.75, 3.05) is 11.9 Å². The highest BCUT2D eigenvalue weighted by Crippen LogP contribution is 2.22. The lowest BCUT2D eigenvalue weighted by Gasteiger charge is -2.23. The lowest BCUT2D eigenvalue weighted by molar-refractivity contribution is -0.115. The summed E-state index contributed by atoms with van der Waals surface area (Å²) in [6.07, 6.45) is 1.08. The second kappa shape index (κ2) is 8.81. The number of carbonyl (C=O) groups is 1. The Balaban J connectivity index is 1.94. The lowest BCUT2D eigenvalue weighted by atomic mass is 9.94. The van der Waals surface area contributed by atoms with Crippen LogP contribution in [0.4, 0.5) is 5.82 Å². The molecule has 5 heteroatoms. The summed E-state index contributed by atoms with van der Waals surface area (Å²) in [4.78, 5) is 12.1. The number of rotatable bonds is 8. The first kappa shape index (κ1) is 19.2. The highest BCUT2D eigenvalue weighted by atomic mass is 16.5. The smallest absolute Gasteiger partial charge is 0.239 e. The topological polar surface area (TPSA) is 67.2 Å². The summed E-state index contributed by atoms with van der Waals surface area (Å²) < 4.78 is 4.95. The fraction of sp³-hybridized carbons (Fsp3) is 0.500. The summed E-state index contributed by atoms with van der Waals surface area (Å²) >= 11 is 0. The number of aromatic nitrogens is 1. The summed E-state index contributed by atoms with van der Waals surface area (Å²) in [6.45, 7) is 10.8. The van der Waals surface area contributed by atoms with Gasteiger partial charge in [0, 0.05) is 12.1 Å². The van der Waals surface area contributed by atoms with Gasteiger partial charge in [-0.05, 0) is 36.3 Å². The van der Waals surface area contributed by atoms with E-state index in [4.69, 9.17) is 4.52 Å². The third-order valence-corrected chi connectivity index (χ3v) is 4.03. The molecule has 5 nitrogen and oxygen atoms in total. The van der Waals surface area contributed by atoms with E-state index in [9.17, 15) is 4.79 Å². The van der Waals surface area contributed by atoms with Crippen LogP contribution >= 0.6 is 0 Å². The molecular weight excluding hydrogens is 314 g/mol. The van der Waals surface area contributed by atoms with Crippen LogP contribution in [0.3, 0.4) is 0 Å². The zero-order valence-electron chi connectivity index (χ0n) is 15.8. The maximum Gasteiger partial charge on any atom is 0.239 e. The predicted molar refractivity (Wildman–Crippen MR) is 100 cm³/mol. The summed E-state index contributed by atoms with van der Waals surface area (Å²) in [5.74, 6) is 2.01. The molecule has 25 heavy (non-hydrogen) atoms. The second-order valence-corrected chi connectivity index (χ2v) is 7.31. The Morgan fingerprint density at radius 1 is 1.16 bits per heavy atom. The third kappa shape index (κ3) is 6.02. The van der Waals surface area contributed by atoms with E-state index < -0.39 is 0 Å². The number of hydrogen-bond acceptors (Lipinski definition) is 4. The molecule has 0 aliphatic rings. The van der Waals surface area contributed by atoms with Gasteiger partial charge in [0.2, 0.25) is 5.91 Å². The van der Waals surface area contributed by atoms with Crippen LogP contribution in [0.25, 0.3) is 0 Å². The predicted octanol–water partition coefficient (Wildman–Crippen LogP) is 4.11. The normalized spacial score (nSPS) is 12.6. The van der Waals surface area contributed by atoms with Crippen molar-refractivity contribution >= 4 is 11.7 Å². The van der Waals surface area contributed by atoms with Gasteiger partial charge < -0.3 is 15.2 Å². The molecule has 0 aliphatic carbocycles. The van der Waals surface area contributed by atoms with E-state index in [1.807, 2.05) is 0 Å².